The fourth-order valence-corrected chi connectivity index (χ4v) is 7.33. The van der Waals surface area contributed by atoms with Gasteiger partial charge in [0, 0.05) is 0 Å². The maximum absolute atomic E-state index is 7.04. The van der Waals surface area contributed by atoms with Crippen LogP contribution in [0, 0.1) is 18.3 Å². The second kappa shape index (κ2) is 6.84. The van der Waals surface area contributed by atoms with Gasteiger partial charge in [-0.15, -0.1) is 0 Å². The second-order valence-corrected chi connectivity index (χ2v) is 16.3. The third kappa shape index (κ3) is 3.35. The number of hydrogen-bond acceptors (Lipinski definition) is 1. The van der Waals surface area contributed by atoms with E-state index in [1.807, 2.05) is 5.57 Å². The summed E-state index contributed by atoms with van der Waals surface area (Å²) in [4.78, 5) is 0. The molecule has 4 rings (SSSR count). The molecule has 0 heterocycles. The average molecular weight is 397 g/mol. The van der Waals surface area contributed by atoms with Crippen molar-refractivity contribution in [1.29, 1.82) is 0 Å². The molecular formula is C26H40OSi. The lowest BCUT2D eigenvalue weighted by Gasteiger charge is -2.47. The Hall–Kier alpha value is -0.863. The molecule has 28 heavy (non-hydrogen) atoms. The fourth-order valence-electron chi connectivity index (χ4n) is 5.88. The lowest BCUT2D eigenvalue weighted by Crippen LogP contribution is -2.48. The number of allylic oxidation sites excluding steroid dienone is 2. The molecule has 3 aliphatic carbocycles. The van der Waals surface area contributed by atoms with Crippen molar-refractivity contribution in [3.63, 3.8) is 0 Å². The minimum absolute atomic E-state index is 0.294. The number of hydrogen-bond donors (Lipinski definition) is 0. The molecule has 0 radical (unpaired) electrons. The molecule has 1 aromatic carbocycles. The van der Waals surface area contributed by atoms with Crippen molar-refractivity contribution in [2.75, 3.05) is 0 Å². The Morgan fingerprint density at radius 3 is 2.50 bits per heavy atom. The van der Waals surface area contributed by atoms with Crippen LogP contribution in [0.25, 0.3) is 0 Å². The summed E-state index contributed by atoms with van der Waals surface area (Å²) in [6.45, 7) is 16.8. The van der Waals surface area contributed by atoms with Crippen LogP contribution in [0.5, 0.6) is 0 Å². The normalized spacial score (nSPS) is 30.5. The molecule has 0 aliphatic heterocycles. The zero-order valence-corrected chi connectivity index (χ0v) is 20.2. The molecule has 0 aromatic heterocycles. The summed E-state index contributed by atoms with van der Waals surface area (Å²) in [7, 11) is -1.72. The van der Waals surface area contributed by atoms with Crippen molar-refractivity contribution in [1.82, 2.24) is 0 Å². The minimum atomic E-state index is -1.72. The highest BCUT2D eigenvalue weighted by atomic mass is 28.4. The van der Waals surface area contributed by atoms with E-state index in [4.69, 9.17) is 4.43 Å². The molecule has 1 fully saturated rings. The molecule has 2 heteroatoms. The summed E-state index contributed by atoms with van der Waals surface area (Å²) in [5, 5.41) is 0.294. The first-order valence-electron chi connectivity index (χ1n) is 11.5. The Labute approximate surface area is 174 Å². The van der Waals surface area contributed by atoms with Crippen molar-refractivity contribution in [2.24, 2.45) is 11.3 Å². The lowest BCUT2D eigenvalue weighted by molar-refractivity contribution is 0.0439. The van der Waals surface area contributed by atoms with Crippen LogP contribution in [0.1, 0.15) is 76.5 Å². The quantitative estimate of drug-likeness (QED) is 0.374. The first kappa shape index (κ1) is 20.4. The van der Waals surface area contributed by atoms with E-state index in [1.54, 1.807) is 16.7 Å². The predicted octanol–water partition coefficient (Wildman–Crippen LogP) is 7.38. The van der Waals surface area contributed by atoms with Gasteiger partial charge in [0.2, 0.25) is 0 Å². The molecule has 0 spiro atoms. The smallest absolute Gasteiger partial charge is 0.192 e. The molecule has 1 saturated carbocycles. The summed E-state index contributed by atoms with van der Waals surface area (Å²) >= 11 is 0. The van der Waals surface area contributed by atoms with E-state index in [0.29, 0.717) is 16.6 Å². The van der Waals surface area contributed by atoms with Gasteiger partial charge >= 0.3 is 0 Å². The van der Waals surface area contributed by atoms with Crippen molar-refractivity contribution >= 4 is 8.32 Å². The molecule has 0 bridgehead atoms. The van der Waals surface area contributed by atoms with Gasteiger partial charge in [-0.2, -0.15) is 0 Å². The zero-order valence-electron chi connectivity index (χ0n) is 19.2. The molecule has 3 atom stereocenters. The molecule has 0 saturated heterocycles. The molecule has 1 aromatic rings. The van der Waals surface area contributed by atoms with Gasteiger partial charge in [-0.05, 0) is 92.5 Å². The van der Waals surface area contributed by atoms with Gasteiger partial charge in [-0.25, -0.2) is 0 Å². The third-order valence-electron chi connectivity index (χ3n) is 8.76. The zero-order chi connectivity index (χ0) is 20.3. The summed E-state index contributed by atoms with van der Waals surface area (Å²) < 4.78 is 7.04. The summed E-state index contributed by atoms with van der Waals surface area (Å²) in [6.07, 6.45) is 9.37. The van der Waals surface area contributed by atoms with Crippen LogP contribution in [0.3, 0.4) is 0 Å². The van der Waals surface area contributed by atoms with E-state index >= 15 is 0 Å². The SMILES string of the molecule is Cc1ccc2c(c1)CC1=C(CC2)[C@@H]2CC[C@H](O[Si](C)(C)C(C)(C)C)[C@@]2(C)CC1. The van der Waals surface area contributed by atoms with Crippen LogP contribution in [0.15, 0.2) is 29.3 Å². The number of fused-ring (bicyclic) bond motifs is 3. The van der Waals surface area contributed by atoms with Crippen molar-refractivity contribution in [3.05, 3.63) is 46.0 Å². The molecule has 0 N–H and O–H groups in total. The molecule has 0 amide bonds. The van der Waals surface area contributed by atoms with E-state index < -0.39 is 8.32 Å². The van der Waals surface area contributed by atoms with Crippen LogP contribution in [-0.4, -0.2) is 14.4 Å². The average Bonchev–Trinajstić information content (AvgIpc) is 2.80. The van der Waals surface area contributed by atoms with Crippen LogP contribution in [0.4, 0.5) is 0 Å². The fraction of sp³-hybridized carbons (Fsp3) is 0.692. The van der Waals surface area contributed by atoms with E-state index in [1.165, 1.54) is 50.5 Å². The Morgan fingerprint density at radius 1 is 1.04 bits per heavy atom. The third-order valence-corrected chi connectivity index (χ3v) is 13.2. The van der Waals surface area contributed by atoms with Crippen LogP contribution in [0.2, 0.25) is 18.1 Å². The van der Waals surface area contributed by atoms with Gasteiger partial charge in [0.15, 0.2) is 8.32 Å². The van der Waals surface area contributed by atoms with E-state index in [9.17, 15) is 0 Å². The van der Waals surface area contributed by atoms with Gasteiger partial charge in [0.25, 0.3) is 0 Å². The standard InChI is InChI=1S/C26H40OSi/c1-18-8-9-19-10-11-22-20(17-21(19)16-18)14-15-26(5)23(22)12-13-24(26)27-28(6,7)25(2,3)4/h8-9,16,23-24H,10-15,17H2,1-7H3/t23-,24-,26-/m0/s1. The number of rotatable bonds is 2. The van der Waals surface area contributed by atoms with E-state index in [-0.39, 0.29) is 0 Å². The highest BCUT2D eigenvalue weighted by molar-refractivity contribution is 6.74. The Balaban J connectivity index is 1.60. The molecule has 3 aliphatic rings. The van der Waals surface area contributed by atoms with Crippen molar-refractivity contribution < 1.29 is 4.43 Å². The van der Waals surface area contributed by atoms with Crippen molar-refractivity contribution in [2.45, 2.75) is 104 Å². The number of benzene rings is 1. The van der Waals surface area contributed by atoms with Gasteiger partial charge in [-0.3, -0.25) is 0 Å². The maximum Gasteiger partial charge on any atom is 0.192 e. The highest BCUT2D eigenvalue weighted by Crippen LogP contribution is 2.58. The summed E-state index contributed by atoms with van der Waals surface area (Å²) in [5.74, 6) is 0.751. The van der Waals surface area contributed by atoms with Gasteiger partial charge < -0.3 is 4.43 Å². The molecular weight excluding hydrogens is 356 g/mol. The number of aryl methyl sites for hydroxylation is 2. The van der Waals surface area contributed by atoms with E-state index in [0.717, 1.165) is 5.92 Å². The Morgan fingerprint density at radius 2 is 1.79 bits per heavy atom. The summed E-state index contributed by atoms with van der Waals surface area (Å²) in [6, 6.07) is 7.13. The largest absolute Gasteiger partial charge is 0.413 e. The van der Waals surface area contributed by atoms with Crippen LogP contribution in [-0.2, 0) is 17.3 Å². The van der Waals surface area contributed by atoms with Gasteiger partial charge in [0.05, 0.1) is 6.10 Å². The Bertz CT molecular complexity index is 797. The van der Waals surface area contributed by atoms with Gasteiger partial charge in [0.1, 0.15) is 0 Å². The summed E-state index contributed by atoms with van der Waals surface area (Å²) in [5.41, 5.74) is 8.55. The topological polar surface area (TPSA) is 9.23 Å². The van der Waals surface area contributed by atoms with Crippen LogP contribution >= 0.6 is 0 Å². The van der Waals surface area contributed by atoms with Crippen molar-refractivity contribution in [3.8, 4) is 0 Å². The monoisotopic (exact) mass is 396 g/mol. The first-order chi connectivity index (χ1) is 13.0. The molecule has 0 unspecified atom stereocenters. The maximum atomic E-state index is 7.04. The minimum Gasteiger partial charge on any atom is -0.413 e. The highest BCUT2D eigenvalue weighted by Gasteiger charge is 2.53. The van der Waals surface area contributed by atoms with Crippen LogP contribution < -0.4 is 0 Å². The lowest BCUT2D eigenvalue weighted by atomic mass is 9.65. The molecule has 1 nitrogen and oxygen atoms in total. The molecule has 154 valence electrons. The van der Waals surface area contributed by atoms with E-state index in [2.05, 4.69) is 65.9 Å². The second-order valence-electron chi connectivity index (χ2n) is 11.6. The Kier molecular flexibility index (Phi) is 4.99. The predicted molar refractivity (Wildman–Crippen MR) is 122 cm³/mol. The first-order valence-corrected chi connectivity index (χ1v) is 14.4. The van der Waals surface area contributed by atoms with Gasteiger partial charge in [-0.1, -0.05) is 62.6 Å².